The molecule has 14 heavy (non-hydrogen) atoms. The summed E-state index contributed by atoms with van der Waals surface area (Å²) in [7, 11) is 0. The first-order valence-corrected chi connectivity index (χ1v) is 5.41. The van der Waals surface area contributed by atoms with Crippen LogP contribution in [-0.2, 0) is 0 Å². The van der Waals surface area contributed by atoms with Gasteiger partial charge in [-0.15, -0.1) is 0 Å². The molecule has 2 N–H and O–H groups in total. The van der Waals surface area contributed by atoms with Crippen LogP contribution in [0.4, 0.5) is 0 Å². The smallest absolute Gasteiger partial charge is 0.0441 e. The highest BCUT2D eigenvalue weighted by atomic mass is 35.5. The van der Waals surface area contributed by atoms with Crippen molar-refractivity contribution in [3.63, 3.8) is 0 Å². The lowest BCUT2D eigenvalue weighted by atomic mass is 9.57. The second kappa shape index (κ2) is 3.25. The first-order valence-electron chi connectivity index (χ1n) is 5.03. The largest absolute Gasteiger partial charge is 0.327 e. The van der Waals surface area contributed by atoms with Crippen molar-refractivity contribution in [2.45, 2.75) is 32.2 Å². The number of rotatable bonds is 1. The van der Waals surface area contributed by atoms with E-state index in [0.717, 1.165) is 11.4 Å². The summed E-state index contributed by atoms with van der Waals surface area (Å²) in [5, 5.41) is 0.873. The molecule has 1 aliphatic carbocycles. The highest BCUT2D eigenvalue weighted by Gasteiger charge is 2.47. The number of halogens is 1. The van der Waals surface area contributed by atoms with Gasteiger partial charge in [0.1, 0.15) is 0 Å². The summed E-state index contributed by atoms with van der Waals surface area (Å²) in [4.78, 5) is 0. The van der Waals surface area contributed by atoms with Gasteiger partial charge in [-0.25, -0.2) is 0 Å². The van der Waals surface area contributed by atoms with Crippen molar-refractivity contribution in [1.82, 2.24) is 0 Å². The maximum Gasteiger partial charge on any atom is 0.0441 e. The minimum atomic E-state index is 0.186. The van der Waals surface area contributed by atoms with Gasteiger partial charge in [0.05, 0.1) is 0 Å². The van der Waals surface area contributed by atoms with E-state index in [2.05, 4.69) is 19.9 Å². The summed E-state index contributed by atoms with van der Waals surface area (Å²) in [5.74, 6) is 0.520. The molecule has 2 rings (SSSR count). The van der Waals surface area contributed by atoms with Crippen molar-refractivity contribution in [3.8, 4) is 0 Å². The predicted molar refractivity (Wildman–Crippen MR) is 60.6 cm³/mol. The van der Waals surface area contributed by atoms with Crippen LogP contribution in [-0.4, -0.2) is 6.04 Å². The lowest BCUT2D eigenvalue weighted by Gasteiger charge is -2.51. The molecule has 0 amide bonds. The summed E-state index contributed by atoms with van der Waals surface area (Å²) in [6.45, 7) is 4.43. The molecule has 1 aromatic rings. The molecular weight excluding hydrogens is 194 g/mol. The van der Waals surface area contributed by atoms with Gasteiger partial charge in [-0.05, 0) is 29.4 Å². The number of benzene rings is 1. The molecule has 0 aliphatic heterocycles. The lowest BCUT2D eigenvalue weighted by molar-refractivity contribution is 0.0984. The Morgan fingerprint density at radius 2 is 2.00 bits per heavy atom. The molecule has 1 aromatic carbocycles. The van der Waals surface area contributed by atoms with Gasteiger partial charge in [-0.2, -0.15) is 0 Å². The van der Waals surface area contributed by atoms with E-state index in [9.17, 15) is 0 Å². The van der Waals surface area contributed by atoms with Crippen molar-refractivity contribution in [2.24, 2.45) is 11.1 Å². The lowest BCUT2D eigenvalue weighted by Crippen LogP contribution is -2.52. The van der Waals surface area contributed by atoms with Crippen LogP contribution < -0.4 is 5.73 Å². The van der Waals surface area contributed by atoms with Gasteiger partial charge < -0.3 is 5.73 Å². The number of hydrogen-bond donors (Lipinski definition) is 1. The minimum Gasteiger partial charge on any atom is -0.327 e. The highest BCUT2D eigenvalue weighted by Crippen LogP contribution is 2.52. The van der Waals surface area contributed by atoms with Crippen LogP contribution >= 0.6 is 11.6 Å². The van der Waals surface area contributed by atoms with Gasteiger partial charge in [-0.1, -0.05) is 43.6 Å². The van der Waals surface area contributed by atoms with E-state index in [4.69, 9.17) is 17.3 Å². The van der Waals surface area contributed by atoms with Gasteiger partial charge in [0, 0.05) is 11.1 Å². The predicted octanol–water partition coefficient (Wildman–Crippen LogP) is 3.18. The zero-order valence-electron chi connectivity index (χ0n) is 8.63. The van der Waals surface area contributed by atoms with Crippen LogP contribution in [0.2, 0.25) is 5.02 Å². The zero-order valence-corrected chi connectivity index (χ0v) is 9.38. The van der Waals surface area contributed by atoms with Crippen molar-refractivity contribution < 1.29 is 0 Å². The fourth-order valence-electron chi connectivity index (χ4n) is 2.24. The van der Waals surface area contributed by atoms with Crippen molar-refractivity contribution in [1.29, 1.82) is 0 Å². The van der Waals surface area contributed by atoms with E-state index in [1.54, 1.807) is 0 Å². The summed E-state index contributed by atoms with van der Waals surface area (Å²) < 4.78 is 0. The molecule has 0 spiro atoms. The monoisotopic (exact) mass is 209 g/mol. The van der Waals surface area contributed by atoms with Gasteiger partial charge in [0.2, 0.25) is 0 Å². The van der Waals surface area contributed by atoms with Crippen LogP contribution in [0.1, 0.15) is 31.7 Å². The maximum absolute atomic E-state index is 6.17. The average Bonchev–Trinajstić information content (AvgIpc) is 2.16. The Hall–Kier alpha value is -0.530. The third-order valence-electron chi connectivity index (χ3n) is 3.62. The Morgan fingerprint density at radius 1 is 1.36 bits per heavy atom. The van der Waals surface area contributed by atoms with Crippen LogP contribution in [0, 0.1) is 5.41 Å². The molecule has 76 valence electrons. The number of nitrogens with two attached hydrogens (primary N) is 1. The molecule has 2 unspecified atom stereocenters. The fourth-order valence-corrected chi connectivity index (χ4v) is 2.51. The molecule has 0 aromatic heterocycles. The third-order valence-corrected chi connectivity index (χ3v) is 3.97. The molecule has 0 saturated heterocycles. The Kier molecular flexibility index (Phi) is 2.32. The normalized spacial score (nSPS) is 29.7. The van der Waals surface area contributed by atoms with E-state index >= 15 is 0 Å². The van der Waals surface area contributed by atoms with E-state index in [1.807, 2.05) is 18.2 Å². The maximum atomic E-state index is 6.17. The van der Waals surface area contributed by atoms with Crippen LogP contribution in [0.25, 0.3) is 0 Å². The molecule has 1 aliphatic rings. The van der Waals surface area contributed by atoms with Crippen molar-refractivity contribution in [2.75, 3.05) is 0 Å². The Bertz CT molecular complexity index is 346. The first-order chi connectivity index (χ1) is 6.53. The standard InChI is InChI=1S/C12H16ClN/c1-12(2)9(7-11(12)14)8-5-3-4-6-10(8)13/h3-6,9,11H,7,14H2,1-2H3. The second-order valence-corrected chi connectivity index (χ2v) is 5.14. The molecule has 0 radical (unpaired) electrons. The molecule has 0 bridgehead atoms. The van der Waals surface area contributed by atoms with Crippen LogP contribution in [0.15, 0.2) is 24.3 Å². The van der Waals surface area contributed by atoms with E-state index in [0.29, 0.717) is 12.0 Å². The summed E-state index contributed by atoms with van der Waals surface area (Å²) in [6.07, 6.45) is 1.05. The van der Waals surface area contributed by atoms with Gasteiger partial charge in [0.15, 0.2) is 0 Å². The SMILES string of the molecule is CC1(C)C(N)CC1c1ccccc1Cl. The fraction of sp³-hybridized carbons (Fsp3) is 0.500. The van der Waals surface area contributed by atoms with Gasteiger partial charge in [0.25, 0.3) is 0 Å². The Morgan fingerprint density at radius 3 is 2.50 bits per heavy atom. The van der Waals surface area contributed by atoms with Crippen molar-refractivity contribution in [3.05, 3.63) is 34.9 Å². The molecular formula is C12H16ClN. The quantitative estimate of drug-likeness (QED) is 0.756. The van der Waals surface area contributed by atoms with Crippen LogP contribution in [0.5, 0.6) is 0 Å². The molecule has 2 atom stereocenters. The molecule has 0 heterocycles. The summed E-state index contributed by atoms with van der Waals surface area (Å²) in [6, 6.07) is 8.39. The van der Waals surface area contributed by atoms with E-state index in [1.165, 1.54) is 5.56 Å². The van der Waals surface area contributed by atoms with Crippen LogP contribution in [0.3, 0.4) is 0 Å². The highest BCUT2D eigenvalue weighted by molar-refractivity contribution is 6.31. The topological polar surface area (TPSA) is 26.0 Å². The second-order valence-electron chi connectivity index (χ2n) is 4.74. The van der Waals surface area contributed by atoms with Gasteiger partial charge >= 0.3 is 0 Å². The summed E-state index contributed by atoms with van der Waals surface area (Å²) in [5.41, 5.74) is 7.43. The molecule has 1 fully saturated rings. The minimum absolute atomic E-state index is 0.186. The van der Waals surface area contributed by atoms with Crippen molar-refractivity contribution >= 4 is 11.6 Å². The van der Waals surface area contributed by atoms with E-state index < -0.39 is 0 Å². The molecule has 1 nitrogen and oxygen atoms in total. The summed E-state index contributed by atoms with van der Waals surface area (Å²) >= 11 is 6.17. The Balaban J connectivity index is 2.30. The third kappa shape index (κ3) is 1.35. The molecule has 1 saturated carbocycles. The first kappa shape index (κ1) is 10.0. The Labute approximate surface area is 90.3 Å². The zero-order chi connectivity index (χ0) is 10.3. The average molecular weight is 210 g/mol. The molecule has 2 heteroatoms. The van der Waals surface area contributed by atoms with Gasteiger partial charge in [-0.3, -0.25) is 0 Å². The number of hydrogen-bond acceptors (Lipinski definition) is 1. The van der Waals surface area contributed by atoms with E-state index in [-0.39, 0.29) is 5.41 Å².